The highest BCUT2D eigenvalue weighted by molar-refractivity contribution is 5.85. The Morgan fingerprint density at radius 3 is 2.53 bits per heavy atom. The topological polar surface area (TPSA) is 54.4 Å². The van der Waals surface area contributed by atoms with Gasteiger partial charge in [-0.1, -0.05) is 0 Å². The third-order valence-electron chi connectivity index (χ3n) is 1.75. The lowest BCUT2D eigenvalue weighted by atomic mass is 10.1. The molecule has 2 N–H and O–H groups in total. The molecule has 0 spiro atoms. The Kier molecular flexibility index (Phi) is 9.82. The molecule has 1 rings (SSSR count). The fourth-order valence-corrected chi connectivity index (χ4v) is 1.02. The molecule has 6 heteroatoms. The molecule has 0 aliphatic rings. The van der Waals surface area contributed by atoms with Gasteiger partial charge in [0.1, 0.15) is 0 Å². The van der Waals surface area contributed by atoms with Crippen molar-refractivity contribution in [1.82, 2.24) is 10.3 Å². The number of rotatable bonds is 4. The number of pyridine rings is 1. The van der Waals surface area contributed by atoms with Gasteiger partial charge in [-0.15, -0.1) is 24.8 Å². The van der Waals surface area contributed by atoms with Crippen LogP contribution in [0, 0.1) is 0 Å². The maximum absolute atomic E-state index is 9.54. The first kappa shape index (κ1) is 16.9. The maximum Gasteiger partial charge on any atom is 0.212 e. The molecule has 0 aromatic carbocycles. The molecule has 1 aromatic rings. The number of halogens is 2. The zero-order valence-electron chi connectivity index (χ0n) is 8.64. The first-order valence-corrected chi connectivity index (χ1v) is 4.10. The van der Waals surface area contributed by atoms with Crippen LogP contribution in [0.5, 0.6) is 5.88 Å². The molecular formula is C9H16Cl2N2O2. The van der Waals surface area contributed by atoms with Gasteiger partial charge in [-0.25, -0.2) is 4.98 Å². The third kappa shape index (κ3) is 5.18. The fourth-order valence-electron chi connectivity index (χ4n) is 1.02. The number of aliphatic hydroxyl groups is 1. The van der Waals surface area contributed by atoms with Crippen LogP contribution >= 0.6 is 24.8 Å². The molecule has 1 heterocycles. The number of nitrogens with zero attached hydrogens (tertiary/aromatic N) is 1. The van der Waals surface area contributed by atoms with Crippen LogP contribution in [0.4, 0.5) is 0 Å². The highest BCUT2D eigenvalue weighted by Gasteiger charge is 2.05. The van der Waals surface area contributed by atoms with E-state index in [0.717, 1.165) is 5.56 Å². The molecular weight excluding hydrogens is 239 g/mol. The van der Waals surface area contributed by atoms with Crippen molar-refractivity contribution in [2.24, 2.45) is 0 Å². The van der Waals surface area contributed by atoms with E-state index < -0.39 is 6.10 Å². The molecule has 15 heavy (non-hydrogen) atoms. The number of aromatic nitrogens is 1. The highest BCUT2D eigenvalue weighted by atomic mass is 35.5. The van der Waals surface area contributed by atoms with E-state index in [2.05, 4.69) is 10.3 Å². The molecule has 0 saturated carbocycles. The molecule has 0 amide bonds. The molecule has 0 fully saturated rings. The van der Waals surface area contributed by atoms with Crippen molar-refractivity contribution in [2.45, 2.75) is 6.10 Å². The average Bonchev–Trinajstić information content (AvgIpc) is 2.18. The summed E-state index contributed by atoms with van der Waals surface area (Å²) >= 11 is 0. The molecule has 1 unspecified atom stereocenters. The number of methoxy groups -OCH3 is 1. The molecule has 1 aromatic heterocycles. The Hall–Kier alpha value is -0.550. The van der Waals surface area contributed by atoms with E-state index >= 15 is 0 Å². The Balaban J connectivity index is 0. The smallest absolute Gasteiger partial charge is 0.212 e. The van der Waals surface area contributed by atoms with Gasteiger partial charge in [-0.2, -0.15) is 0 Å². The van der Waals surface area contributed by atoms with E-state index in [0.29, 0.717) is 12.4 Å². The molecule has 0 aliphatic carbocycles. The zero-order chi connectivity index (χ0) is 9.68. The van der Waals surface area contributed by atoms with Gasteiger partial charge in [0.2, 0.25) is 5.88 Å². The minimum absolute atomic E-state index is 0. The second-order valence-electron chi connectivity index (χ2n) is 2.71. The summed E-state index contributed by atoms with van der Waals surface area (Å²) in [5.41, 5.74) is 0.787. The number of hydrogen-bond donors (Lipinski definition) is 2. The second-order valence-corrected chi connectivity index (χ2v) is 2.71. The molecule has 1 atom stereocenters. The minimum atomic E-state index is -0.511. The predicted molar refractivity (Wildman–Crippen MR) is 64.2 cm³/mol. The van der Waals surface area contributed by atoms with Crippen LogP contribution in [-0.2, 0) is 0 Å². The monoisotopic (exact) mass is 254 g/mol. The van der Waals surface area contributed by atoms with Crippen molar-refractivity contribution < 1.29 is 9.84 Å². The molecule has 88 valence electrons. The van der Waals surface area contributed by atoms with Crippen LogP contribution in [0.25, 0.3) is 0 Å². The van der Waals surface area contributed by atoms with Crippen LogP contribution in [0.15, 0.2) is 18.3 Å². The van der Waals surface area contributed by atoms with Gasteiger partial charge in [-0.05, 0) is 13.1 Å². The fraction of sp³-hybridized carbons (Fsp3) is 0.444. The number of ether oxygens (including phenoxy) is 1. The van der Waals surface area contributed by atoms with E-state index in [4.69, 9.17) is 4.74 Å². The van der Waals surface area contributed by atoms with Crippen molar-refractivity contribution >= 4 is 24.8 Å². The lowest BCUT2D eigenvalue weighted by Crippen LogP contribution is -2.16. The van der Waals surface area contributed by atoms with E-state index in [1.54, 1.807) is 32.5 Å². The summed E-state index contributed by atoms with van der Waals surface area (Å²) in [6, 6.07) is 3.53. The number of likely N-dealkylation sites (N-methyl/N-ethyl adjacent to an activating group) is 1. The number of aliphatic hydroxyl groups excluding tert-OH is 1. The molecule has 0 aliphatic heterocycles. The van der Waals surface area contributed by atoms with E-state index in [-0.39, 0.29) is 24.8 Å². The largest absolute Gasteiger partial charge is 0.481 e. The van der Waals surface area contributed by atoms with Gasteiger partial charge in [0.05, 0.1) is 13.2 Å². The average molecular weight is 255 g/mol. The minimum Gasteiger partial charge on any atom is -0.481 e. The lowest BCUT2D eigenvalue weighted by Gasteiger charge is -2.09. The summed E-state index contributed by atoms with van der Waals surface area (Å²) in [4.78, 5) is 3.99. The van der Waals surface area contributed by atoms with E-state index in [9.17, 15) is 5.11 Å². The van der Waals surface area contributed by atoms with Gasteiger partial charge in [0.15, 0.2) is 0 Å². The number of nitrogens with one attached hydrogen (secondary N) is 1. The third-order valence-corrected chi connectivity index (χ3v) is 1.75. The standard InChI is InChI=1S/C9H14N2O2.2ClH/c1-10-6-8(12)7-3-4-9(13-2)11-5-7;;/h3-5,8,10,12H,6H2,1-2H3;2*1H. The van der Waals surface area contributed by atoms with Crippen LogP contribution in [0.3, 0.4) is 0 Å². The quantitative estimate of drug-likeness (QED) is 0.848. The summed E-state index contributed by atoms with van der Waals surface area (Å²) in [6.07, 6.45) is 1.10. The summed E-state index contributed by atoms with van der Waals surface area (Å²) in [7, 11) is 3.35. The summed E-state index contributed by atoms with van der Waals surface area (Å²) in [5, 5.41) is 12.4. The van der Waals surface area contributed by atoms with E-state index in [1.165, 1.54) is 0 Å². The Bertz CT molecular complexity index is 257. The van der Waals surface area contributed by atoms with Crippen LogP contribution in [-0.4, -0.2) is 30.8 Å². The van der Waals surface area contributed by atoms with Crippen LogP contribution in [0.1, 0.15) is 11.7 Å². The van der Waals surface area contributed by atoms with Gasteiger partial charge in [0, 0.05) is 24.4 Å². The van der Waals surface area contributed by atoms with Gasteiger partial charge in [-0.3, -0.25) is 0 Å². The van der Waals surface area contributed by atoms with Crippen molar-refractivity contribution in [3.05, 3.63) is 23.9 Å². The Morgan fingerprint density at radius 2 is 2.13 bits per heavy atom. The van der Waals surface area contributed by atoms with Gasteiger partial charge in [0.25, 0.3) is 0 Å². The molecule has 0 saturated heterocycles. The predicted octanol–water partition coefficient (Wildman–Crippen LogP) is 1.19. The van der Waals surface area contributed by atoms with Crippen molar-refractivity contribution in [3.8, 4) is 5.88 Å². The highest BCUT2D eigenvalue weighted by Crippen LogP contribution is 2.13. The lowest BCUT2D eigenvalue weighted by molar-refractivity contribution is 0.177. The van der Waals surface area contributed by atoms with E-state index in [1.807, 2.05) is 0 Å². The Labute approximate surface area is 102 Å². The van der Waals surface area contributed by atoms with Crippen LogP contribution < -0.4 is 10.1 Å². The first-order valence-electron chi connectivity index (χ1n) is 4.10. The Morgan fingerprint density at radius 1 is 1.47 bits per heavy atom. The SMILES string of the molecule is CNCC(O)c1ccc(OC)nc1.Cl.Cl. The van der Waals surface area contributed by atoms with Crippen molar-refractivity contribution in [1.29, 1.82) is 0 Å². The van der Waals surface area contributed by atoms with Crippen molar-refractivity contribution in [2.75, 3.05) is 20.7 Å². The summed E-state index contributed by atoms with van der Waals surface area (Å²) < 4.78 is 4.90. The van der Waals surface area contributed by atoms with Gasteiger partial charge < -0.3 is 15.2 Å². The zero-order valence-corrected chi connectivity index (χ0v) is 10.3. The normalized spacial score (nSPS) is 10.9. The van der Waals surface area contributed by atoms with Crippen LogP contribution in [0.2, 0.25) is 0 Å². The summed E-state index contributed by atoms with van der Waals surface area (Å²) in [5.74, 6) is 0.556. The molecule has 0 radical (unpaired) electrons. The number of hydrogen-bond acceptors (Lipinski definition) is 4. The molecule has 4 nitrogen and oxygen atoms in total. The second kappa shape index (κ2) is 8.73. The maximum atomic E-state index is 9.54. The molecule has 0 bridgehead atoms. The first-order chi connectivity index (χ1) is 6.27. The van der Waals surface area contributed by atoms with Crippen molar-refractivity contribution in [3.63, 3.8) is 0 Å². The summed E-state index contributed by atoms with van der Waals surface area (Å²) in [6.45, 7) is 0.522. The van der Waals surface area contributed by atoms with Gasteiger partial charge >= 0.3 is 0 Å².